The predicted octanol–water partition coefficient (Wildman–Crippen LogP) is 0.268. The molecule has 0 radical (unpaired) electrons. The largest absolute Gasteiger partial charge is 0.393 e. The number of aromatic amines is 1. The van der Waals surface area contributed by atoms with Crippen LogP contribution in [-0.4, -0.2) is 32.6 Å². The van der Waals surface area contributed by atoms with Gasteiger partial charge in [0.25, 0.3) is 11.6 Å². The number of nitrogens with zero attached hydrogens (tertiary/aromatic N) is 3. The van der Waals surface area contributed by atoms with E-state index in [-0.39, 0.29) is 22.8 Å². The van der Waals surface area contributed by atoms with Crippen LogP contribution in [0.5, 0.6) is 0 Å². The Labute approximate surface area is 113 Å². The lowest BCUT2D eigenvalue weighted by molar-refractivity contribution is -0.383. The minimum absolute atomic E-state index is 0.0436. The van der Waals surface area contributed by atoms with Crippen LogP contribution < -0.4 is 11.1 Å². The van der Waals surface area contributed by atoms with Crippen LogP contribution >= 0.6 is 0 Å². The zero-order valence-corrected chi connectivity index (χ0v) is 10.4. The Morgan fingerprint density at radius 2 is 2.30 bits per heavy atom. The van der Waals surface area contributed by atoms with E-state index in [4.69, 9.17) is 5.73 Å². The molecule has 2 aromatic rings. The van der Waals surface area contributed by atoms with Gasteiger partial charge in [-0.25, -0.2) is 4.98 Å². The number of nitrogens with two attached hydrogens (primary N) is 1. The molecule has 1 aromatic heterocycles. The Balaban J connectivity index is 1.95. The molecular weight excluding hydrogens is 264 g/mol. The molecule has 4 N–H and O–H groups in total. The number of hydrogen-bond donors (Lipinski definition) is 3. The summed E-state index contributed by atoms with van der Waals surface area (Å²) < 4.78 is 0. The highest BCUT2D eigenvalue weighted by atomic mass is 16.6. The molecule has 0 aliphatic carbocycles. The number of hydrogen-bond acceptors (Lipinski definition) is 6. The second kappa shape index (κ2) is 5.78. The number of benzene rings is 1. The fraction of sp³-hybridized carbons (Fsp3) is 0.182. The van der Waals surface area contributed by atoms with Gasteiger partial charge in [-0.3, -0.25) is 20.0 Å². The Morgan fingerprint density at radius 1 is 1.50 bits per heavy atom. The molecule has 20 heavy (non-hydrogen) atoms. The van der Waals surface area contributed by atoms with Crippen molar-refractivity contribution in [3.8, 4) is 0 Å². The zero-order valence-electron chi connectivity index (χ0n) is 10.4. The maximum absolute atomic E-state index is 11.8. The summed E-state index contributed by atoms with van der Waals surface area (Å²) in [4.78, 5) is 25.8. The number of amides is 1. The average molecular weight is 276 g/mol. The summed E-state index contributed by atoms with van der Waals surface area (Å²) in [6, 6.07) is 3.85. The van der Waals surface area contributed by atoms with E-state index in [0.717, 1.165) is 0 Å². The van der Waals surface area contributed by atoms with Crippen molar-refractivity contribution >= 4 is 17.3 Å². The Hall–Kier alpha value is -2.97. The van der Waals surface area contributed by atoms with Crippen molar-refractivity contribution in [2.75, 3.05) is 12.3 Å². The van der Waals surface area contributed by atoms with Gasteiger partial charge in [-0.2, -0.15) is 5.10 Å². The Kier molecular flexibility index (Phi) is 3.89. The molecule has 1 amide bonds. The van der Waals surface area contributed by atoms with Gasteiger partial charge in [-0.1, -0.05) is 0 Å². The van der Waals surface area contributed by atoms with E-state index in [1.165, 1.54) is 24.5 Å². The molecule has 0 unspecified atom stereocenters. The molecule has 0 saturated heterocycles. The first kappa shape index (κ1) is 13.5. The van der Waals surface area contributed by atoms with Crippen LogP contribution in [0.2, 0.25) is 0 Å². The number of nitrogens with one attached hydrogen (secondary N) is 2. The second-order valence-electron chi connectivity index (χ2n) is 3.97. The molecule has 1 heterocycles. The van der Waals surface area contributed by atoms with E-state index in [2.05, 4.69) is 20.5 Å². The van der Waals surface area contributed by atoms with Crippen molar-refractivity contribution in [3.63, 3.8) is 0 Å². The minimum atomic E-state index is -0.596. The smallest absolute Gasteiger partial charge is 0.292 e. The number of nitro groups is 1. The van der Waals surface area contributed by atoms with Crippen LogP contribution in [0.4, 0.5) is 11.4 Å². The average Bonchev–Trinajstić information content (AvgIpc) is 2.91. The van der Waals surface area contributed by atoms with Gasteiger partial charge in [-0.15, -0.1) is 0 Å². The van der Waals surface area contributed by atoms with E-state index in [1.807, 2.05) is 0 Å². The number of H-pyrrole nitrogens is 1. The highest BCUT2D eigenvalue weighted by Crippen LogP contribution is 2.21. The molecule has 0 aliphatic rings. The lowest BCUT2D eigenvalue weighted by Gasteiger charge is -2.05. The molecule has 0 atom stereocenters. The second-order valence-corrected chi connectivity index (χ2v) is 3.97. The van der Waals surface area contributed by atoms with Crippen molar-refractivity contribution < 1.29 is 9.72 Å². The molecule has 0 spiro atoms. The van der Waals surface area contributed by atoms with Gasteiger partial charge in [0.2, 0.25) is 0 Å². The molecule has 104 valence electrons. The highest BCUT2D eigenvalue weighted by molar-refractivity contribution is 5.95. The normalized spacial score (nSPS) is 10.2. The summed E-state index contributed by atoms with van der Waals surface area (Å²) in [5.41, 5.74) is 5.53. The number of nitro benzene ring substituents is 1. The fourth-order valence-corrected chi connectivity index (χ4v) is 1.61. The highest BCUT2D eigenvalue weighted by Gasteiger charge is 2.14. The third kappa shape index (κ3) is 3.07. The molecule has 1 aromatic carbocycles. The first-order chi connectivity index (χ1) is 9.58. The van der Waals surface area contributed by atoms with E-state index in [9.17, 15) is 14.9 Å². The maximum atomic E-state index is 11.8. The lowest BCUT2D eigenvalue weighted by atomic mass is 10.1. The number of rotatable bonds is 5. The fourth-order valence-electron chi connectivity index (χ4n) is 1.61. The Morgan fingerprint density at radius 3 is 2.90 bits per heavy atom. The molecule has 9 heteroatoms. The van der Waals surface area contributed by atoms with E-state index < -0.39 is 4.92 Å². The van der Waals surface area contributed by atoms with Crippen molar-refractivity contribution in [1.29, 1.82) is 0 Å². The van der Waals surface area contributed by atoms with Gasteiger partial charge in [0.1, 0.15) is 17.8 Å². The molecular formula is C11H12N6O3. The van der Waals surface area contributed by atoms with Crippen molar-refractivity contribution in [2.24, 2.45) is 0 Å². The zero-order chi connectivity index (χ0) is 14.5. The van der Waals surface area contributed by atoms with Gasteiger partial charge in [0.15, 0.2) is 0 Å². The van der Waals surface area contributed by atoms with Crippen molar-refractivity contribution in [2.45, 2.75) is 6.42 Å². The maximum Gasteiger partial charge on any atom is 0.292 e. The lowest BCUT2D eigenvalue weighted by Crippen LogP contribution is -2.26. The predicted molar refractivity (Wildman–Crippen MR) is 69.9 cm³/mol. The third-order valence-corrected chi connectivity index (χ3v) is 2.60. The number of aromatic nitrogens is 3. The van der Waals surface area contributed by atoms with Gasteiger partial charge in [0, 0.05) is 24.6 Å². The number of anilines is 1. The van der Waals surface area contributed by atoms with E-state index in [1.54, 1.807) is 0 Å². The summed E-state index contributed by atoms with van der Waals surface area (Å²) in [5, 5.41) is 19.6. The van der Waals surface area contributed by atoms with E-state index >= 15 is 0 Å². The van der Waals surface area contributed by atoms with Gasteiger partial charge >= 0.3 is 0 Å². The van der Waals surface area contributed by atoms with Crippen LogP contribution in [0, 0.1) is 10.1 Å². The number of carbonyl (C=O) groups is 1. The summed E-state index contributed by atoms with van der Waals surface area (Å²) in [6.45, 7) is 0.366. The Bertz CT molecular complexity index is 625. The quantitative estimate of drug-likeness (QED) is 0.406. The van der Waals surface area contributed by atoms with E-state index in [0.29, 0.717) is 18.8 Å². The monoisotopic (exact) mass is 276 g/mol. The molecule has 9 nitrogen and oxygen atoms in total. The van der Waals surface area contributed by atoms with Crippen LogP contribution in [0.1, 0.15) is 16.2 Å². The van der Waals surface area contributed by atoms with Crippen LogP contribution in [0.15, 0.2) is 24.5 Å². The molecule has 0 saturated carbocycles. The van der Waals surface area contributed by atoms with Crippen molar-refractivity contribution in [1.82, 2.24) is 20.5 Å². The third-order valence-electron chi connectivity index (χ3n) is 2.60. The molecule has 0 fully saturated rings. The topological polar surface area (TPSA) is 140 Å². The SMILES string of the molecule is Nc1cc(C(=O)NCCc2ncn[nH]2)ccc1[N+](=O)[O-]. The first-order valence-corrected chi connectivity index (χ1v) is 5.74. The van der Waals surface area contributed by atoms with Gasteiger partial charge in [-0.05, 0) is 12.1 Å². The van der Waals surface area contributed by atoms with Crippen LogP contribution in [0.3, 0.4) is 0 Å². The number of nitrogen functional groups attached to an aromatic ring is 1. The first-order valence-electron chi connectivity index (χ1n) is 5.74. The molecule has 0 bridgehead atoms. The summed E-state index contributed by atoms with van der Waals surface area (Å²) in [5.74, 6) is 0.305. The summed E-state index contributed by atoms with van der Waals surface area (Å²) >= 11 is 0. The number of carbonyl (C=O) groups excluding carboxylic acids is 1. The van der Waals surface area contributed by atoms with Crippen LogP contribution in [-0.2, 0) is 6.42 Å². The van der Waals surface area contributed by atoms with Gasteiger partial charge in [0.05, 0.1) is 4.92 Å². The van der Waals surface area contributed by atoms with Crippen molar-refractivity contribution in [3.05, 3.63) is 46.0 Å². The molecule has 0 aliphatic heterocycles. The minimum Gasteiger partial charge on any atom is -0.393 e. The standard InChI is InChI=1S/C11H12N6O3/c12-8-5-7(1-2-9(8)17(19)20)11(18)13-4-3-10-14-6-15-16-10/h1-2,5-6H,3-4,12H2,(H,13,18)(H,14,15,16). The summed E-state index contributed by atoms with van der Waals surface area (Å²) in [6.07, 6.45) is 1.89. The summed E-state index contributed by atoms with van der Waals surface area (Å²) in [7, 11) is 0. The molecule has 2 rings (SSSR count). The van der Waals surface area contributed by atoms with Crippen LogP contribution in [0.25, 0.3) is 0 Å². The van der Waals surface area contributed by atoms with Gasteiger partial charge < -0.3 is 11.1 Å².